The first-order valence-electron chi connectivity index (χ1n) is 8.78. The second-order valence-corrected chi connectivity index (χ2v) is 6.64. The summed E-state index contributed by atoms with van der Waals surface area (Å²) in [5, 5.41) is 0. The molecule has 2 aliphatic rings. The fourth-order valence-electron chi connectivity index (χ4n) is 3.44. The maximum atomic E-state index is 12.6. The van der Waals surface area contributed by atoms with Crippen LogP contribution in [0.1, 0.15) is 29.6 Å². The zero-order valence-electron chi connectivity index (χ0n) is 14.1. The summed E-state index contributed by atoms with van der Waals surface area (Å²) in [6.45, 7) is 5.25. The summed E-state index contributed by atoms with van der Waals surface area (Å²) in [6.07, 6.45) is 3.13. The van der Waals surface area contributed by atoms with Gasteiger partial charge in [0, 0.05) is 50.5 Å². The predicted molar refractivity (Wildman–Crippen MR) is 93.6 cm³/mol. The molecule has 6 heteroatoms. The summed E-state index contributed by atoms with van der Waals surface area (Å²) < 4.78 is 0. The Morgan fingerprint density at radius 2 is 1.67 bits per heavy atom. The highest BCUT2D eigenvalue weighted by molar-refractivity contribution is 5.95. The van der Waals surface area contributed by atoms with E-state index in [9.17, 15) is 9.59 Å². The van der Waals surface area contributed by atoms with Gasteiger partial charge in [0.1, 0.15) is 0 Å². The fraction of sp³-hybridized carbons (Fsp3) is 0.556. The van der Waals surface area contributed by atoms with Crippen molar-refractivity contribution in [2.24, 2.45) is 0 Å². The van der Waals surface area contributed by atoms with Gasteiger partial charge in [-0.15, -0.1) is 0 Å². The Bertz CT molecular complexity index is 598. The number of carbonyl (C=O) groups excluding carboxylic acids is 2. The molecule has 0 atom stereocenters. The molecule has 130 valence electrons. The van der Waals surface area contributed by atoms with Crippen molar-refractivity contribution in [3.63, 3.8) is 0 Å². The molecule has 1 aromatic carbocycles. The number of nitrogens with zero attached hydrogens (tertiary/aromatic N) is 3. The Labute approximate surface area is 143 Å². The van der Waals surface area contributed by atoms with Gasteiger partial charge in [0.25, 0.3) is 5.91 Å². The number of nitrogens with two attached hydrogens (primary N) is 1. The minimum atomic E-state index is 0.0232. The molecule has 2 amide bonds. The van der Waals surface area contributed by atoms with Gasteiger partial charge in [0.2, 0.25) is 5.91 Å². The second-order valence-electron chi connectivity index (χ2n) is 6.64. The zero-order chi connectivity index (χ0) is 16.9. The number of benzene rings is 1. The molecule has 3 rings (SSSR count). The van der Waals surface area contributed by atoms with Crippen molar-refractivity contribution in [2.45, 2.75) is 19.3 Å². The molecular formula is C18H26N4O2. The Balaban J connectivity index is 1.54. The quantitative estimate of drug-likeness (QED) is 0.841. The van der Waals surface area contributed by atoms with E-state index in [1.54, 1.807) is 24.3 Å². The summed E-state index contributed by atoms with van der Waals surface area (Å²) in [6, 6.07) is 7.12. The van der Waals surface area contributed by atoms with Crippen LogP contribution in [0.25, 0.3) is 0 Å². The number of amides is 2. The monoisotopic (exact) mass is 330 g/mol. The number of hydrogen-bond donors (Lipinski definition) is 1. The van der Waals surface area contributed by atoms with E-state index in [0.29, 0.717) is 24.3 Å². The van der Waals surface area contributed by atoms with Crippen LogP contribution in [-0.2, 0) is 4.79 Å². The number of likely N-dealkylation sites (tertiary alicyclic amines) is 1. The van der Waals surface area contributed by atoms with Crippen molar-refractivity contribution in [3.8, 4) is 0 Å². The van der Waals surface area contributed by atoms with Gasteiger partial charge in [-0.2, -0.15) is 0 Å². The maximum Gasteiger partial charge on any atom is 0.253 e. The maximum absolute atomic E-state index is 12.6. The minimum Gasteiger partial charge on any atom is -0.399 e. The number of hydrogen-bond acceptors (Lipinski definition) is 4. The predicted octanol–water partition coefficient (Wildman–Crippen LogP) is 1.04. The van der Waals surface area contributed by atoms with Gasteiger partial charge in [-0.1, -0.05) is 6.07 Å². The van der Waals surface area contributed by atoms with Gasteiger partial charge in [0.05, 0.1) is 6.54 Å². The van der Waals surface area contributed by atoms with Gasteiger partial charge >= 0.3 is 0 Å². The lowest BCUT2D eigenvalue weighted by molar-refractivity contribution is -0.131. The largest absolute Gasteiger partial charge is 0.399 e. The van der Waals surface area contributed by atoms with E-state index < -0.39 is 0 Å². The molecule has 2 aliphatic heterocycles. The number of anilines is 1. The van der Waals surface area contributed by atoms with Gasteiger partial charge < -0.3 is 15.5 Å². The number of rotatable bonds is 3. The van der Waals surface area contributed by atoms with Crippen LogP contribution < -0.4 is 5.73 Å². The molecule has 1 aromatic rings. The average molecular weight is 330 g/mol. The van der Waals surface area contributed by atoms with Crippen LogP contribution in [0.2, 0.25) is 0 Å². The third kappa shape index (κ3) is 4.06. The normalized spacial score (nSPS) is 19.3. The van der Waals surface area contributed by atoms with E-state index in [1.165, 1.54) is 0 Å². The molecule has 0 bridgehead atoms. The second kappa shape index (κ2) is 7.66. The lowest BCUT2D eigenvalue weighted by Gasteiger charge is -2.24. The summed E-state index contributed by atoms with van der Waals surface area (Å²) in [5.41, 5.74) is 7.01. The van der Waals surface area contributed by atoms with E-state index in [1.807, 2.05) is 9.80 Å². The summed E-state index contributed by atoms with van der Waals surface area (Å²) in [5.74, 6) is 0.248. The zero-order valence-corrected chi connectivity index (χ0v) is 14.1. The van der Waals surface area contributed by atoms with Crippen LogP contribution in [0, 0.1) is 0 Å². The highest BCUT2D eigenvalue weighted by atomic mass is 16.2. The van der Waals surface area contributed by atoms with Crippen molar-refractivity contribution in [2.75, 3.05) is 51.5 Å². The third-order valence-corrected chi connectivity index (χ3v) is 4.83. The van der Waals surface area contributed by atoms with Crippen LogP contribution in [0.3, 0.4) is 0 Å². The first kappa shape index (κ1) is 16.8. The Kier molecular flexibility index (Phi) is 5.35. The highest BCUT2D eigenvalue weighted by Gasteiger charge is 2.24. The average Bonchev–Trinajstić information content (AvgIpc) is 3.02. The van der Waals surface area contributed by atoms with Gasteiger partial charge in [-0.05, 0) is 37.5 Å². The molecule has 0 aromatic heterocycles. The smallest absolute Gasteiger partial charge is 0.253 e. The van der Waals surface area contributed by atoms with E-state index >= 15 is 0 Å². The van der Waals surface area contributed by atoms with E-state index in [2.05, 4.69) is 4.90 Å². The topological polar surface area (TPSA) is 69.9 Å². The van der Waals surface area contributed by atoms with Gasteiger partial charge in [-0.25, -0.2) is 0 Å². The molecule has 0 radical (unpaired) electrons. The summed E-state index contributed by atoms with van der Waals surface area (Å²) >= 11 is 0. The van der Waals surface area contributed by atoms with Crippen LogP contribution in [0.4, 0.5) is 5.69 Å². The van der Waals surface area contributed by atoms with Crippen LogP contribution in [0.5, 0.6) is 0 Å². The lowest BCUT2D eigenvalue weighted by Crippen LogP contribution is -2.41. The summed E-state index contributed by atoms with van der Waals surface area (Å²) in [7, 11) is 0. The molecule has 2 fully saturated rings. The number of carbonyl (C=O) groups is 2. The highest BCUT2D eigenvalue weighted by Crippen LogP contribution is 2.13. The van der Waals surface area contributed by atoms with E-state index in [-0.39, 0.29) is 11.8 Å². The van der Waals surface area contributed by atoms with Crippen LogP contribution >= 0.6 is 0 Å². The Morgan fingerprint density at radius 1 is 0.917 bits per heavy atom. The Hall–Kier alpha value is -2.08. The fourth-order valence-corrected chi connectivity index (χ4v) is 3.44. The van der Waals surface area contributed by atoms with Crippen molar-refractivity contribution in [1.82, 2.24) is 14.7 Å². The molecule has 2 heterocycles. The SMILES string of the molecule is Nc1cccc(C(=O)N2CCCN(CC(=O)N3CCCC3)CC2)c1. The van der Waals surface area contributed by atoms with E-state index in [4.69, 9.17) is 5.73 Å². The first-order valence-corrected chi connectivity index (χ1v) is 8.78. The molecule has 0 unspecified atom stereocenters. The van der Waals surface area contributed by atoms with Gasteiger partial charge in [0.15, 0.2) is 0 Å². The molecule has 2 saturated heterocycles. The van der Waals surface area contributed by atoms with Crippen LogP contribution in [0.15, 0.2) is 24.3 Å². The van der Waals surface area contributed by atoms with Crippen molar-refractivity contribution < 1.29 is 9.59 Å². The van der Waals surface area contributed by atoms with Gasteiger partial charge in [-0.3, -0.25) is 14.5 Å². The van der Waals surface area contributed by atoms with Crippen molar-refractivity contribution in [1.29, 1.82) is 0 Å². The molecular weight excluding hydrogens is 304 g/mol. The van der Waals surface area contributed by atoms with Crippen molar-refractivity contribution >= 4 is 17.5 Å². The molecule has 0 aliphatic carbocycles. The molecule has 0 saturated carbocycles. The Morgan fingerprint density at radius 3 is 2.42 bits per heavy atom. The summed E-state index contributed by atoms with van der Waals surface area (Å²) in [4.78, 5) is 30.9. The van der Waals surface area contributed by atoms with E-state index in [0.717, 1.165) is 52.0 Å². The first-order chi connectivity index (χ1) is 11.6. The molecule has 2 N–H and O–H groups in total. The molecule has 0 spiro atoms. The number of nitrogen functional groups attached to an aromatic ring is 1. The molecule has 24 heavy (non-hydrogen) atoms. The minimum absolute atomic E-state index is 0.0232. The van der Waals surface area contributed by atoms with Crippen molar-refractivity contribution in [3.05, 3.63) is 29.8 Å². The third-order valence-electron chi connectivity index (χ3n) is 4.83. The molecule has 6 nitrogen and oxygen atoms in total. The standard InChI is InChI=1S/C18H26N4O2/c19-16-6-3-5-15(13-16)18(24)22-10-4-7-20(11-12-22)14-17(23)21-8-1-2-9-21/h3,5-6,13H,1-2,4,7-12,14,19H2. The van der Waals surface area contributed by atoms with Crippen LogP contribution in [-0.4, -0.2) is 72.3 Å². The lowest BCUT2D eigenvalue weighted by atomic mass is 10.1.